The molecule has 2 aliphatic rings. The summed E-state index contributed by atoms with van der Waals surface area (Å²) < 4.78 is 124. The van der Waals surface area contributed by atoms with Gasteiger partial charge in [0.1, 0.15) is 19.6 Å². The van der Waals surface area contributed by atoms with Crippen molar-refractivity contribution >= 4 is 46.4 Å². The first kappa shape index (κ1) is 24.0. The molecule has 59 heavy (non-hydrogen) atoms. The van der Waals surface area contributed by atoms with E-state index in [1.807, 2.05) is 85.8 Å². The summed E-state index contributed by atoms with van der Waals surface area (Å²) in [6.07, 6.45) is 1.77. The van der Waals surface area contributed by atoms with Crippen molar-refractivity contribution in [2.45, 2.75) is 33.6 Å². The summed E-state index contributed by atoms with van der Waals surface area (Å²) >= 11 is 0. The highest BCUT2D eigenvalue weighted by atomic mass is 28.3. The standard InChI is InChI=1S/C53H39N3O2Si/c1-30-21-25-46-52(48(30)33-22-23-37-34-13-6-7-14-35(34)39-17-12-26-54-50(39)38-16-9-8-15-36(38)41(37)28-33)57-45-27-32(3)40(29-47(45)59(46,4)5)49-31(2)20-24-44-51(49)58-53-55-42-18-10-11-19-43(42)56(44)53/h6-29H,1-5H3/i2D3,3D3,4D3,5D3. The Bertz CT molecular complexity index is 3880. The Morgan fingerprint density at radius 3 is 2.14 bits per heavy atom. The van der Waals surface area contributed by atoms with Crippen LogP contribution in [0.25, 0.3) is 94.9 Å². The quantitative estimate of drug-likeness (QED) is 0.164. The normalized spacial score (nSPS) is 17.3. The topological polar surface area (TPSA) is 52.6 Å². The molecule has 10 aromatic rings. The zero-order valence-corrected chi connectivity index (χ0v) is 32.5. The number of hydrogen-bond acceptors (Lipinski definition) is 4. The lowest BCUT2D eigenvalue weighted by Crippen LogP contribution is -2.56. The van der Waals surface area contributed by atoms with E-state index in [2.05, 4.69) is 23.2 Å². The number of benzene rings is 7. The predicted molar refractivity (Wildman–Crippen MR) is 244 cm³/mol. The van der Waals surface area contributed by atoms with Crippen LogP contribution in [0.2, 0.25) is 13.0 Å². The van der Waals surface area contributed by atoms with Crippen molar-refractivity contribution in [1.29, 1.82) is 0 Å². The third kappa shape index (κ3) is 4.78. The molecule has 0 amide bonds. The second-order valence-electron chi connectivity index (χ2n) is 15.3. The molecular formula is C53H39N3O2Si. The molecule has 4 heterocycles. The van der Waals surface area contributed by atoms with Gasteiger partial charge in [0.2, 0.25) is 0 Å². The van der Waals surface area contributed by atoms with E-state index in [0.717, 1.165) is 44.6 Å². The fourth-order valence-electron chi connectivity index (χ4n) is 9.25. The Balaban J connectivity index is 1.15. The number of oxazole rings is 1. The molecule has 1 aliphatic heterocycles. The lowest BCUT2D eigenvalue weighted by atomic mass is 9.81. The molecule has 0 saturated heterocycles. The van der Waals surface area contributed by atoms with Gasteiger partial charge in [-0.05, 0) is 123 Å². The van der Waals surface area contributed by atoms with Gasteiger partial charge in [-0.2, -0.15) is 4.98 Å². The Kier molecular flexibility index (Phi) is 4.99. The van der Waals surface area contributed by atoms with Crippen LogP contribution in [0.1, 0.15) is 33.1 Å². The van der Waals surface area contributed by atoms with Gasteiger partial charge >= 0.3 is 5.84 Å². The summed E-state index contributed by atoms with van der Waals surface area (Å²) in [6, 6.07) is 41.8. The van der Waals surface area contributed by atoms with E-state index in [1.165, 1.54) is 24.3 Å². The van der Waals surface area contributed by atoms with E-state index in [9.17, 15) is 8.22 Å². The Morgan fingerprint density at radius 2 is 1.31 bits per heavy atom. The van der Waals surface area contributed by atoms with Gasteiger partial charge in [0.15, 0.2) is 5.58 Å². The van der Waals surface area contributed by atoms with Crippen LogP contribution in [0, 0.1) is 20.6 Å². The van der Waals surface area contributed by atoms with Gasteiger partial charge in [-0.3, -0.25) is 9.38 Å². The Morgan fingerprint density at radius 1 is 0.576 bits per heavy atom. The summed E-state index contributed by atoms with van der Waals surface area (Å²) in [5.74, 6) is -0.152. The van der Waals surface area contributed by atoms with Gasteiger partial charge < -0.3 is 9.15 Å². The predicted octanol–water partition coefficient (Wildman–Crippen LogP) is 12.8. The SMILES string of the molecule is [2H]C([2H])([2H])c1cc2c(cc1-c1c(C([2H])([2H])[2H])ccc3c1oc1nc4ccccc4n13)[Si](C([2H])([2H])[2H])(C([2H])([2H])[2H])c1ccc(C)c(-c3ccc4c(c3)-c3ccccc3-c3ncccc3-c3ccccc3-4)c1O2. The third-order valence-corrected chi connectivity index (χ3v) is 14.4. The van der Waals surface area contributed by atoms with Crippen molar-refractivity contribution in [3.8, 4) is 78.4 Å². The number of fused-ring (bicyclic) bond motifs is 15. The highest BCUT2D eigenvalue weighted by Gasteiger charge is 2.39. The summed E-state index contributed by atoms with van der Waals surface area (Å²) in [5, 5.41) is -0.265. The molecule has 6 heteroatoms. The fraction of sp³-hybridized carbons (Fsp3) is 0.0943. The lowest BCUT2D eigenvalue weighted by molar-refractivity contribution is 0.488. The van der Waals surface area contributed by atoms with E-state index in [4.69, 9.17) is 22.4 Å². The van der Waals surface area contributed by atoms with Crippen LogP contribution in [-0.4, -0.2) is 22.4 Å². The number of rotatable bonds is 2. The molecular weight excluding hydrogens is 739 g/mol. The van der Waals surface area contributed by atoms with Gasteiger partial charge in [0, 0.05) is 44.9 Å². The number of aryl methyl sites for hydroxylation is 3. The average Bonchev–Trinajstić information content (AvgIpc) is 3.87. The smallest absolute Gasteiger partial charge is 0.307 e. The maximum atomic E-state index is 9.40. The molecule has 3 aromatic heterocycles. The molecule has 5 nitrogen and oxygen atoms in total. The van der Waals surface area contributed by atoms with Crippen molar-refractivity contribution in [3.05, 3.63) is 162 Å². The van der Waals surface area contributed by atoms with Crippen LogP contribution >= 0.6 is 0 Å². The van der Waals surface area contributed by atoms with Gasteiger partial charge in [-0.25, -0.2) is 0 Å². The summed E-state index contributed by atoms with van der Waals surface area (Å²) in [7, 11) is -5.24. The van der Waals surface area contributed by atoms with Crippen LogP contribution in [0.4, 0.5) is 0 Å². The lowest BCUT2D eigenvalue weighted by Gasteiger charge is -2.35. The van der Waals surface area contributed by atoms with Crippen molar-refractivity contribution < 1.29 is 25.6 Å². The molecule has 0 fully saturated rings. The number of pyridine rings is 1. The highest BCUT2D eigenvalue weighted by molar-refractivity contribution is 7.02. The van der Waals surface area contributed by atoms with Crippen LogP contribution in [0.15, 0.2) is 150 Å². The molecule has 0 spiro atoms. The molecule has 1 aliphatic carbocycles. The molecule has 7 aromatic carbocycles. The highest BCUT2D eigenvalue weighted by Crippen LogP contribution is 2.49. The monoisotopic (exact) mass is 789 g/mol. The first-order chi connectivity index (χ1) is 33.7. The number of para-hydroxylation sites is 2. The zero-order valence-electron chi connectivity index (χ0n) is 43.5. The maximum Gasteiger partial charge on any atom is 0.307 e. The van der Waals surface area contributed by atoms with Crippen molar-refractivity contribution in [2.24, 2.45) is 0 Å². The minimum atomic E-state index is -5.24. The fourth-order valence-corrected chi connectivity index (χ4v) is 11.2. The molecule has 0 bridgehead atoms. The minimum absolute atomic E-state index is 0.00318. The van der Waals surface area contributed by atoms with E-state index < -0.39 is 40.3 Å². The molecule has 0 atom stereocenters. The maximum absolute atomic E-state index is 9.40. The van der Waals surface area contributed by atoms with Crippen molar-refractivity contribution in [1.82, 2.24) is 14.4 Å². The van der Waals surface area contributed by atoms with Gasteiger partial charge in [0.25, 0.3) is 0 Å². The Labute approximate surface area is 360 Å². The number of ether oxygens (including phenoxy) is 1. The van der Waals surface area contributed by atoms with E-state index in [-0.39, 0.29) is 50.0 Å². The second kappa shape index (κ2) is 12.2. The number of imidazole rings is 1. The molecule has 0 N–H and O–H groups in total. The van der Waals surface area contributed by atoms with E-state index >= 15 is 0 Å². The summed E-state index contributed by atoms with van der Waals surface area (Å²) in [4.78, 5) is 9.49. The zero-order chi connectivity index (χ0) is 49.7. The first-order valence-electron chi connectivity index (χ1n) is 25.3. The van der Waals surface area contributed by atoms with Crippen LogP contribution in [0.3, 0.4) is 0 Å². The van der Waals surface area contributed by atoms with Gasteiger partial charge in [0.05, 0.1) is 22.2 Å². The number of nitrogens with zero attached hydrogens (tertiary/aromatic N) is 3. The van der Waals surface area contributed by atoms with E-state index in [0.29, 0.717) is 33.2 Å². The van der Waals surface area contributed by atoms with Gasteiger partial charge in [-0.15, -0.1) is 0 Å². The van der Waals surface area contributed by atoms with Gasteiger partial charge in [-0.1, -0.05) is 116 Å². The minimum Gasteiger partial charge on any atom is -0.457 e. The van der Waals surface area contributed by atoms with Crippen LogP contribution < -0.4 is 15.1 Å². The summed E-state index contributed by atoms with van der Waals surface area (Å²) in [6.45, 7) is -10.4. The largest absolute Gasteiger partial charge is 0.457 e. The van der Waals surface area contributed by atoms with E-state index in [1.54, 1.807) is 28.8 Å². The number of aromatic nitrogens is 3. The third-order valence-electron chi connectivity index (χ3n) is 12.0. The van der Waals surface area contributed by atoms with Crippen LogP contribution in [0.5, 0.6) is 11.5 Å². The summed E-state index contributed by atoms with van der Waals surface area (Å²) in [5.41, 5.74) is 9.50. The first-order valence-corrected chi connectivity index (χ1v) is 21.3. The average molecular weight is 790 g/mol. The molecule has 0 saturated carbocycles. The molecule has 0 radical (unpaired) electrons. The van der Waals surface area contributed by atoms with Crippen molar-refractivity contribution in [3.63, 3.8) is 0 Å². The molecule has 12 rings (SSSR count). The molecule has 282 valence electrons. The number of hydrogen-bond donors (Lipinski definition) is 0. The Hall–Kier alpha value is -7.02. The van der Waals surface area contributed by atoms with Crippen LogP contribution in [-0.2, 0) is 0 Å². The molecule has 0 unspecified atom stereocenters. The van der Waals surface area contributed by atoms with Crippen molar-refractivity contribution in [2.75, 3.05) is 0 Å². The second-order valence-corrected chi connectivity index (χ2v) is 17.9.